The highest BCUT2D eigenvalue weighted by molar-refractivity contribution is 6.04. The van der Waals surface area contributed by atoms with Gasteiger partial charge >= 0.3 is 5.97 Å². The number of carbonyl (C=O) groups excluding carboxylic acids is 1. The summed E-state index contributed by atoms with van der Waals surface area (Å²) < 4.78 is 30.1. The zero-order chi connectivity index (χ0) is 18.7. The largest absolute Gasteiger partial charge is 0.497 e. The molecule has 0 amide bonds. The quantitative estimate of drug-likeness (QED) is 0.617. The number of hydrogen-bond donors (Lipinski definition) is 0. The average molecular weight is 359 g/mol. The Morgan fingerprint density at radius 2 is 2.00 bits per heavy atom. The van der Waals surface area contributed by atoms with Gasteiger partial charge in [-0.1, -0.05) is 11.2 Å². The standard InChI is InChI=1S/C19H18FNO5/c1-23-12-5-7-14-16(21-25-3)10-17(26-18(14)9-12)11-4-6-13(15(20)8-11)19(22)24-2/h4-9,17H,10H2,1-3H3/b21-16+. The number of benzene rings is 2. The number of carbonyl (C=O) groups is 1. The van der Waals surface area contributed by atoms with Crippen molar-refractivity contribution < 1.29 is 28.2 Å². The lowest BCUT2D eigenvalue weighted by atomic mass is 9.95. The molecule has 0 N–H and O–H groups in total. The van der Waals surface area contributed by atoms with Crippen LogP contribution in [0.5, 0.6) is 11.5 Å². The normalized spacial score (nSPS) is 17.2. The molecule has 6 nitrogen and oxygen atoms in total. The minimum Gasteiger partial charge on any atom is -0.497 e. The second kappa shape index (κ2) is 7.43. The summed E-state index contributed by atoms with van der Waals surface area (Å²) in [6.07, 6.45) is -0.0887. The SMILES string of the molecule is CO/N=C1\CC(c2ccc(C(=O)OC)c(F)c2)Oc2cc(OC)ccc21. The molecule has 7 heteroatoms. The van der Waals surface area contributed by atoms with Crippen LogP contribution in [0.1, 0.15) is 34.0 Å². The fourth-order valence-electron chi connectivity index (χ4n) is 2.84. The molecule has 0 saturated carbocycles. The third-order valence-corrected chi connectivity index (χ3v) is 4.12. The number of methoxy groups -OCH3 is 2. The van der Waals surface area contributed by atoms with Gasteiger partial charge in [-0.05, 0) is 29.8 Å². The fourth-order valence-corrected chi connectivity index (χ4v) is 2.84. The summed E-state index contributed by atoms with van der Waals surface area (Å²) >= 11 is 0. The maximum absolute atomic E-state index is 14.3. The van der Waals surface area contributed by atoms with Gasteiger partial charge in [0.25, 0.3) is 0 Å². The Morgan fingerprint density at radius 3 is 2.65 bits per heavy atom. The number of oxime groups is 1. The first-order chi connectivity index (χ1) is 12.6. The Bertz CT molecular complexity index is 865. The molecule has 1 atom stereocenters. The van der Waals surface area contributed by atoms with E-state index in [1.165, 1.54) is 26.4 Å². The lowest BCUT2D eigenvalue weighted by molar-refractivity contribution is 0.0595. The Balaban J connectivity index is 1.98. The molecule has 0 bridgehead atoms. The van der Waals surface area contributed by atoms with Gasteiger partial charge in [0.1, 0.15) is 30.5 Å². The number of nitrogens with zero attached hydrogens (tertiary/aromatic N) is 1. The molecule has 1 aliphatic rings. The van der Waals surface area contributed by atoms with Crippen LogP contribution in [-0.2, 0) is 9.57 Å². The van der Waals surface area contributed by atoms with E-state index in [4.69, 9.17) is 14.3 Å². The zero-order valence-electron chi connectivity index (χ0n) is 14.6. The highest BCUT2D eigenvalue weighted by atomic mass is 19.1. The first kappa shape index (κ1) is 17.7. The van der Waals surface area contributed by atoms with E-state index in [9.17, 15) is 9.18 Å². The first-order valence-electron chi connectivity index (χ1n) is 7.90. The van der Waals surface area contributed by atoms with E-state index in [0.717, 1.165) is 5.56 Å². The maximum Gasteiger partial charge on any atom is 0.340 e. The van der Waals surface area contributed by atoms with Crippen LogP contribution in [0.15, 0.2) is 41.6 Å². The summed E-state index contributed by atoms with van der Waals surface area (Å²) in [7, 11) is 4.23. The molecule has 1 unspecified atom stereocenters. The van der Waals surface area contributed by atoms with E-state index in [-0.39, 0.29) is 5.56 Å². The van der Waals surface area contributed by atoms with Crippen molar-refractivity contribution in [2.45, 2.75) is 12.5 Å². The van der Waals surface area contributed by atoms with Crippen molar-refractivity contribution in [2.75, 3.05) is 21.3 Å². The van der Waals surface area contributed by atoms with Crippen molar-refractivity contribution in [1.82, 2.24) is 0 Å². The summed E-state index contributed by atoms with van der Waals surface area (Å²) in [5, 5.41) is 4.07. The summed E-state index contributed by atoms with van der Waals surface area (Å²) in [6, 6.07) is 9.67. The molecule has 2 aromatic rings. The first-order valence-corrected chi connectivity index (χ1v) is 7.90. The molecule has 0 radical (unpaired) electrons. The molecule has 0 spiro atoms. The van der Waals surface area contributed by atoms with Gasteiger partial charge in [0.05, 0.1) is 25.5 Å². The van der Waals surface area contributed by atoms with Crippen LogP contribution in [-0.4, -0.2) is 33.0 Å². The molecule has 3 rings (SSSR count). The molecule has 0 aromatic heterocycles. The minimum absolute atomic E-state index is 0.125. The van der Waals surface area contributed by atoms with Crippen molar-refractivity contribution >= 4 is 11.7 Å². The van der Waals surface area contributed by atoms with E-state index in [2.05, 4.69) is 9.89 Å². The number of esters is 1. The van der Waals surface area contributed by atoms with E-state index >= 15 is 0 Å². The van der Waals surface area contributed by atoms with E-state index in [0.29, 0.717) is 29.2 Å². The Labute approximate surface area is 150 Å². The van der Waals surface area contributed by atoms with Gasteiger partial charge in [-0.15, -0.1) is 0 Å². The van der Waals surface area contributed by atoms with E-state index in [1.807, 2.05) is 6.07 Å². The predicted octanol–water partition coefficient (Wildman–Crippen LogP) is 3.50. The van der Waals surface area contributed by atoms with Crippen molar-refractivity contribution in [2.24, 2.45) is 5.16 Å². The topological polar surface area (TPSA) is 66.4 Å². The summed E-state index contributed by atoms with van der Waals surface area (Å²) in [5.74, 6) is -0.197. The lowest BCUT2D eigenvalue weighted by Gasteiger charge is -2.27. The average Bonchev–Trinajstić information content (AvgIpc) is 2.66. The van der Waals surface area contributed by atoms with Gasteiger partial charge in [0, 0.05) is 18.1 Å². The molecule has 2 aromatic carbocycles. The van der Waals surface area contributed by atoms with Crippen LogP contribution >= 0.6 is 0 Å². The number of fused-ring (bicyclic) bond motifs is 1. The number of hydrogen-bond acceptors (Lipinski definition) is 6. The van der Waals surface area contributed by atoms with Crippen LogP contribution < -0.4 is 9.47 Å². The van der Waals surface area contributed by atoms with Crippen LogP contribution in [0.3, 0.4) is 0 Å². The van der Waals surface area contributed by atoms with Gasteiger partial charge in [-0.3, -0.25) is 0 Å². The molecule has 26 heavy (non-hydrogen) atoms. The Morgan fingerprint density at radius 1 is 1.19 bits per heavy atom. The maximum atomic E-state index is 14.3. The van der Waals surface area contributed by atoms with Gasteiger partial charge in [-0.2, -0.15) is 0 Å². The molecule has 0 saturated heterocycles. The zero-order valence-corrected chi connectivity index (χ0v) is 14.6. The van der Waals surface area contributed by atoms with Crippen molar-refractivity contribution in [3.8, 4) is 11.5 Å². The Kier molecular flexibility index (Phi) is 5.06. The molecule has 0 aliphatic carbocycles. The number of rotatable bonds is 4. The van der Waals surface area contributed by atoms with Crippen LogP contribution in [0.2, 0.25) is 0 Å². The molecule has 1 aliphatic heterocycles. The predicted molar refractivity (Wildman–Crippen MR) is 92.3 cm³/mol. The molecule has 0 fully saturated rings. The Hall–Kier alpha value is -3.09. The lowest BCUT2D eigenvalue weighted by Crippen LogP contribution is -2.21. The third-order valence-electron chi connectivity index (χ3n) is 4.12. The van der Waals surface area contributed by atoms with Crippen LogP contribution in [0, 0.1) is 5.82 Å². The number of halogens is 1. The van der Waals surface area contributed by atoms with E-state index in [1.54, 1.807) is 25.3 Å². The van der Waals surface area contributed by atoms with Gasteiger partial charge in [-0.25, -0.2) is 9.18 Å². The highest BCUT2D eigenvalue weighted by Gasteiger charge is 2.28. The third kappa shape index (κ3) is 3.33. The van der Waals surface area contributed by atoms with Crippen molar-refractivity contribution in [1.29, 1.82) is 0 Å². The van der Waals surface area contributed by atoms with Gasteiger partial charge in [0.15, 0.2) is 0 Å². The molecular weight excluding hydrogens is 341 g/mol. The second-order valence-electron chi connectivity index (χ2n) is 5.62. The van der Waals surface area contributed by atoms with E-state index < -0.39 is 17.9 Å². The van der Waals surface area contributed by atoms with Crippen LogP contribution in [0.25, 0.3) is 0 Å². The minimum atomic E-state index is -0.727. The van der Waals surface area contributed by atoms with Crippen molar-refractivity contribution in [3.05, 3.63) is 58.9 Å². The molecular formula is C19H18FNO5. The monoisotopic (exact) mass is 359 g/mol. The highest BCUT2D eigenvalue weighted by Crippen LogP contribution is 2.37. The van der Waals surface area contributed by atoms with Gasteiger partial charge in [0.2, 0.25) is 0 Å². The van der Waals surface area contributed by atoms with Gasteiger partial charge < -0.3 is 19.0 Å². The molecule has 1 heterocycles. The summed E-state index contributed by atoms with van der Waals surface area (Å²) in [5.41, 5.74) is 1.92. The summed E-state index contributed by atoms with van der Waals surface area (Å²) in [4.78, 5) is 16.5. The summed E-state index contributed by atoms with van der Waals surface area (Å²) in [6.45, 7) is 0. The van der Waals surface area contributed by atoms with Crippen LogP contribution in [0.4, 0.5) is 4.39 Å². The van der Waals surface area contributed by atoms with Crippen molar-refractivity contribution in [3.63, 3.8) is 0 Å². The number of ether oxygens (including phenoxy) is 3. The second-order valence-corrected chi connectivity index (χ2v) is 5.62. The molecule has 136 valence electrons. The smallest absolute Gasteiger partial charge is 0.340 e. The fraction of sp³-hybridized carbons (Fsp3) is 0.263.